The Balaban J connectivity index is 1.89. The molecule has 4 heteroatoms. The van der Waals surface area contributed by atoms with E-state index in [4.69, 9.17) is 10.5 Å². The molecule has 2 fully saturated rings. The number of nitrogens with two attached hydrogens (primary N) is 1. The third-order valence-corrected chi connectivity index (χ3v) is 4.84. The van der Waals surface area contributed by atoms with Gasteiger partial charge in [-0.1, -0.05) is 0 Å². The van der Waals surface area contributed by atoms with Crippen LogP contribution in [0.2, 0.25) is 0 Å². The van der Waals surface area contributed by atoms with Crippen molar-refractivity contribution >= 4 is 0 Å². The first kappa shape index (κ1) is 14.3. The zero-order chi connectivity index (χ0) is 13.0. The highest BCUT2D eigenvalue weighted by Crippen LogP contribution is 2.25. The minimum absolute atomic E-state index is 0.544. The highest BCUT2D eigenvalue weighted by atomic mass is 16.5. The zero-order valence-electron chi connectivity index (χ0n) is 12.0. The number of hydrogen-bond donors (Lipinski definition) is 1. The van der Waals surface area contributed by atoms with Crippen molar-refractivity contribution in [3.63, 3.8) is 0 Å². The molecule has 2 aliphatic heterocycles. The van der Waals surface area contributed by atoms with E-state index >= 15 is 0 Å². The van der Waals surface area contributed by atoms with Crippen LogP contribution in [0.1, 0.15) is 25.7 Å². The van der Waals surface area contributed by atoms with Crippen molar-refractivity contribution in [1.29, 1.82) is 0 Å². The third-order valence-electron chi connectivity index (χ3n) is 4.84. The van der Waals surface area contributed by atoms with Crippen LogP contribution in [0.3, 0.4) is 0 Å². The first-order valence-corrected chi connectivity index (χ1v) is 7.40. The molecule has 0 saturated carbocycles. The lowest BCUT2D eigenvalue weighted by Gasteiger charge is -2.43. The molecule has 18 heavy (non-hydrogen) atoms. The van der Waals surface area contributed by atoms with E-state index in [1.807, 2.05) is 0 Å². The fourth-order valence-corrected chi connectivity index (χ4v) is 3.46. The van der Waals surface area contributed by atoms with Crippen molar-refractivity contribution < 1.29 is 4.74 Å². The van der Waals surface area contributed by atoms with Crippen LogP contribution in [0.15, 0.2) is 0 Å². The molecule has 1 unspecified atom stereocenters. The zero-order valence-corrected chi connectivity index (χ0v) is 12.0. The lowest BCUT2D eigenvalue weighted by molar-refractivity contribution is 0.0147. The molecule has 0 aromatic carbocycles. The highest BCUT2D eigenvalue weighted by molar-refractivity contribution is 4.86. The van der Waals surface area contributed by atoms with E-state index < -0.39 is 0 Å². The Labute approximate surface area is 111 Å². The van der Waals surface area contributed by atoms with Crippen LogP contribution >= 0.6 is 0 Å². The molecule has 1 atom stereocenters. The molecule has 2 heterocycles. The molecule has 0 amide bonds. The Kier molecular flexibility index (Phi) is 5.42. The summed E-state index contributed by atoms with van der Waals surface area (Å²) in [5, 5.41) is 0. The molecule has 0 aromatic heterocycles. The van der Waals surface area contributed by atoms with Crippen LogP contribution in [0.4, 0.5) is 0 Å². The summed E-state index contributed by atoms with van der Waals surface area (Å²) in [6, 6.07) is 1.26. The van der Waals surface area contributed by atoms with Gasteiger partial charge in [0.15, 0.2) is 0 Å². The van der Waals surface area contributed by atoms with Gasteiger partial charge in [0.25, 0.3) is 0 Å². The average molecular weight is 255 g/mol. The molecule has 4 nitrogen and oxygen atoms in total. The Bertz CT molecular complexity index is 235. The standard InChI is InChI=1S/C14H29N3O/c1-16-7-3-13(4-8-16)17(2)14(11-15)12-5-9-18-10-6-12/h12-14H,3-11,15H2,1-2H3. The van der Waals surface area contributed by atoms with Gasteiger partial charge in [-0.3, -0.25) is 4.90 Å². The number of rotatable bonds is 4. The summed E-state index contributed by atoms with van der Waals surface area (Å²) in [5.74, 6) is 0.730. The number of nitrogens with zero attached hydrogens (tertiary/aromatic N) is 2. The van der Waals surface area contributed by atoms with Gasteiger partial charge in [-0.15, -0.1) is 0 Å². The molecule has 0 bridgehead atoms. The van der Waals surface area contributed by atoms with Crippen molar-refractivity contribution in [1.82, 2.24) is 9.80 Å². The SMILES string of the molecule is CN1CCC(N(C)C(CN)C2CCOCC2)CC1. The molecular formula is C14H29N3O. The molecule has 0 radical (unpaired) electrons. The molecule has 2 rings (SSSR count). The van der Waals surface area contributed by atoms with Gasteiger partial charge in [-0.05, 0) is 58.8 Å². The van der Waals surface area contributed by atoms with E-state index in [2.05, 4.69) is 23.9 Å². The molecule has 2 saturated heterocycles. The van der Waals surface area contributed by atoms with E-state index in [-0.39, 0.29) is 0 Å². The molecule has 106 valence electrons. The number of piperidine rings is 1. The average Bonchev–Trinajstić information content (AvgIpc) is 2.41. The van der Waals surface area contributed by atoms with Crippen molar-refractivity contribution in [2.75, 3.05) is 46.9 Å². The fourth-order valence-electron chi connectivity index (χ4n) is 3.46. The minimum Gasteiger partial charge on any atom is -0.381 e. The lowest BCUT2D eigenvalue weighted by atomic mass is 9.89. The first-order chi connectivity index (χ1) is 8.72. The molecular weight excluding hydrogens is 226 g/mol. The maximum absolute atomic E-state index is 6.05. The Morgan fingerprint density at radius 3 is 2.39 bits per heavy atom. The summed E-state index contributed by atoms with van der Waals surface area (Å²) in [7, 11) is 4.50. The van der Waals surface area contributed by atoms with Gasteiger partial charge in [0.05, 0.1) is 0 Å². The van der Waals surface area contributed by atoms with Crippen LogP contribution in [-0.2, 0) is 4.74 Å². The van der Waals surface area contributed by atoms with Crippen LogP contribution < -0.4 is 5.73 Å². The maximum Gasteiger partial charge on any atom is 0.0469 e. The van der Waals surface area contributed by atoms with Gasteiger partial charge in [0, 0.05) is 31.8 Å². The lowest BCUT2D eigenvalue weighted by Crippen LogP contribution is -2.52. The monoisotopic (exact) mass is 255 g/mol. The molecule has 0 aliphatic carbocycles. The minimum atomic E-state index is 0.544. The smallest absolute Gasteiger partial charge is 0.0469 e. The van der Waals surface area contributed by atoms with E-state index in [1.54, 1.807) is 0 Å². The Hall–Kier alpha value is -0.160. The van der Waals surface area contributed by atoms with Gasteiger partial charge in [0.1, 0.15) is 0 Å². The van der Waals surface area contributed by atoms with Crippen molar-refractivity contribution in [2.24, 2.45) is 11.7 Å². The summed E-state index contributed by atoms with van der Waals surface area (Å²) in [6.45, 7) is 5.07. The second kappa shape index (κ2) is 6.85. The summed E-state index contributed by atoms with van der Waals surface area (Å²) in [4.78, 5) is 5.00. The molecule has 2 aliphatic rings. The van der Waals surface area contributed by atoms with E-state index in [0.717, 1.165) is 31.7 Å². The Morgan fingerprint density at radius 1 is 1.22 bits per heavy atom. The maximum atomic E-state index is 6.05. The third kappa shape index (κ3) is 3.44. The van der Waals surface area contributed by atoms with Gasteiger partial charge in [-0.2, -0.15) is 0 Å². The molecule has 2 N–H and O–H groups in total. The summed E-state index contributed by atoms with van der Waals surface area (Å²) in [6.07, 6.45) is 4.93. The second-order valence-corrected chi connectivity index (χ2v) is 5.95. The van der Waals surface area contributed by atoms with Crippen LogP contribution in [-0.4, -0.2) is 68.8 Å². The largest absolute Gasteiger partial charge is 0.381 e. The normalized spacial score (nSPS) is 26.7. The summed E-state index contributed by atoms with van der Waals surface area (Å²) in [5.41, 5.74) is 6.05. The van der Waals surface area contributed by atoms with Gasteiger partial charge in [0.2, 0.25) is 0 Å². The number of ether oxygens (including phenoxy) is 1. The highest BCUT2D eigenvalue weighted by Gasteiger charge is 2.31. The quantitative estimate of drug-likeness (QED) is 0.805. The van der Waals surface area contributed by atoms with E-state index in [9.17, 15) is 0 Å². The number of hydrogen-bond acceptors (Lipinski definition) is 4. The predicted molar refractivity (Wildman–Crippen MR) is 74.7 cm³/mol. The van der Waals surface area contributed by atoms with Gasteiger partial charge in [-0.25, -0.2) is 0 Å². The predicted octanol–water partition coefficient (Wildman–Crippen LogP) is 0.766. The van der Waals surface area contributed by atoms with Crippen molar-refractivity contribution in [3.8, 4) is 0 Å². The van der Waals surface area contributed by atoms with Crippen molar-refractivity contribution in [3.05, 3.63) is 0 Å². The first-order valence-electron chi connectivity index (χ1n) is 7.40. The summed E-state index contributed by atoms with van der Waals surface area (Å²) < 4.78 is 5.47. The topological polar surface area (TPSA) is 41.7 Å². The second-order valence-electron chi connectivity index (χ2n) is 5.95. The van der Waals surface area contributed by atoms with Crippen LogP contribution in [0.5, 0.6) is 0 Å². The molecule has 0 aromatic rings. The van der Waals surface area contributed by atoms with Crippen LogP contribution in [0.25, 0.3) is 0 Å². The summed E-state index contributed by atoms with van der Waals surface area (Å²) >= 11 is 0. The van der Waals surface area contributed by atoms with E-state index in [0.29, 0.717) is 6.04 Å². The van der Waals surface area contributed by atoms with Gasteiger partial charge >= 0.3 is 0 Å². The fraction of sp³-hybridized carbons (Fsp3) is 1.00. The molecule has 0 spiro atoms. The van der Waals surface area contributed by atoms with Gasteiger partial charge < -0.3 is 15.4 Å². The number of likely N-dealkylation sites (tertiary alicyclic amines) is 1. The Morgan fingerprint density at radius 2 is 1.83 bits per heavy atom. The van der Waals surface area contributed by atoms with Crippen LogP contribution in [0, 0.1) is 5.92 Å². The van der Waals surface area contributed by atoms with E-state index in [1.165, 1.54) is 38.8 Å². The number of likely N-dealkylation sites (N-methyl/N-ethyl adjacent to an activating group) is 1. The van der Waals surface area contributed by atoms with Crippen molar-refractivity contribution in [2.45, 2.75) is 37.8 Å².